The second-order valence-electron chi connectivity index (χ2n) is 26.3. The van der Waals surface area contributed by atoms with Crippen molar-refractivity contribution in [2.45, 2.75) is 362 Å². The smallest absolute Gasteiger partial charge is 0.462 e. The summed E-state index contributed by atoms with van der Waals surface area (Å²) >= 11 is 0. The zero-order valence-electron chi connectivity index (χ0n) is 57.2. The lowest BCUT2D eigenvalue weighted by Gasteiger charge is -2.21. The fraction of sp³-hybridized carbons (Fsp3) is 0.942. The molecule has 5 atom stereocenters. The van der Waals surface area contributed by atoms with Gasteiger partial charge in [-0.25, -0.2) is 9.13 Å². The molecular weight excluding hydrogens is 1160 g/mol. The maximum absolute atomic E-state index is 13.0. The minimum atomic E-state index is -4.95. The first-order valence-corrected chi connectivity index (χ1v) is 38.8. The zero-order chi connectivity index (χ0) is 65.2. The topological polar surface area (TPSA) is 237 Å². The van der Waals surface area contributed by atoms with Gasteiger partial charge in [-0.05, 0) is 43.4 Å². The van der Waals surface area contributed by atoms with Crippen molar-refractivity contribution in [3.05, 3.63) is 0 Å². The Morgan fingerprint density at radius 2 is 0.523 bits per heavy atom. The van der Waals surface area contributed by atoms with Crippen LogP contribution in [0.4, 0.5) is 0 Å². The summed E-state index contributed by atoms with van der Waals surface area (Å²) in [7, 11) is -9.90. The third-order valence-electron chi connectivity index (χ3n) is 15.9. The molecule has 19 heteroatoms. The largest absolute Gasteiger partial charge is 0.472 e. The van der Waals surface area contributed by atoms with Crippen LogP contribution in [0, 0.1) is 17.8 Å². The van der Waals surface area contributed by atoms with Crippen LogP contribution in [0.3, 0.4) is 0 Å². The number of carbonyl (C=O) groups is 4. The van der Waals surface area contributed by atoms with Crippen molar-refractivity contribution in [2.24, 2.45) is 17.8 Å². The number of aliphatic hydroxyl groups is 1. The van der Waals surface area contributed by atoms with Crippen LogP contribution < -0.4 is 0 Å². The minimum Gasteiger partial charge on any atom is -0.462 e. The van der Waals surface area contributed by atoms with Gasteiger partial charge in [0.25, 0.3) is 0 Å². The van der Waals surface area contributed by atoms with Crippen LogP contribution >= 0.6 is 15.6 Å². The van der Waals surface area contributed by atoms with Gasteiger partial charge in [0.1, 0.15) is 19.3 Å². The molecule has 17 nitrogen and oxygen atoms in total. The predicted octanol–water partition coefficient (Wildman–Crippen LogP) is 19.5. The van der Waals surface area contributed by atoms with E-state index in [4.69, 9.17) is 37.0 Å². The fourth-order valence-corrected chi connectivity index (χ4v) is 11.9. The molecule has 0 amide bonds. The van der Waals surface area contributed by atoms with E-state index in [-0.39, 0.29) is 25.7 Å². The Kier molecular flexibility index (Phi) is 58.7. The summed E-state index contributed by atoms with van der Waals surface area (Å²) in [5.41, 5.74) is 0. The van der Waals surface area contributed by atoms with Crippen molar-refractivity contribution in [2.75, 3.05) is 39.6 Å². The molecule has 0 aromatic rings. The normalized spacial score (nSPS) is 14.2. The lowest BCUT2D eigenvalue weighted by molar-refractivity contribution is -0.161. The average Bonchev–Trinajstić information content (AvgIpc) is 3.62. The van der Waals surface area contributed by atoms with E-state index in [0.29, 0.717) is 31.6 Å². The van der Waals surface area contributed by atoms with Crippen molar-refractivity contribution in [3.8, 4) is 0 Å². The molecular formula is C69H134O17P2. The van der Waals surface area contributed by atoms with Gasteiger partial charge < -0.3 is 33.8 Å². The minimum absolute atomic E-state index is 0.103. The standard InChI is InChI=1S/C69H134O17P2/c1-8-9-10-11-12-13-14-15-16-17-18-19-20-21-29-38-45-52-68(73)85-64(56-79-66(71)50-43-36-28-24-22-26-33-40-47-60(2)3)58-83-87(75,76)81-54-63(70)55-82-88(77,78)84-59-65(57-80-67(72)51-44-37-32-31-35-42-49-62(6)7)86-69(74)53-46-39-30-25-23-27-34-41-48-61(4)5/h60-65,70H,8-59H2,1-7H3,(H,75,76)(H,77,78)/t63-,64-,65-/m1/s1. The first kappa shape index (κ1) is 86.1. The number of ether oxygens (including phenoxy) is 4. The predicted molar refractivity (Wildman–Crippen MR) is 354 cm³/mol. The SMILES string of the molecule is CCCCCCCCCCCCCCCCCCCC(=O)O[C@H](COC(=O)CCCCCCCCCCC(C)C)COP(=O)(O)OC[C@@H](O)COP(=O)(O)OC[C@@H](COC(=O)CCCCCCCCC(C)C)OC(=O)CCCCCCCCCCC(C)C. The highest BCUT2D eigenvalue weighted by Crippen LogP contribution is 2.45. The quantitative estimate of drug-likeness (QED) is 0.0222. The van der Waals surface area contributed by atoms with Crippen LogP contribution in [0.1, 0.15) is 344 Å². The molecule has 2 unspecified atom stereocenters. The highest BCUT2D eigenvalue weighted by molar-refractivity contribution is 7.47. The Balaban J connectivity index is 5.22. The number of phosphoric acid groups is 2. The Morgan fingerprint density at radius 3 is 0.773 bits per heavy atom. The highest BCUT2D eigenvalue weighted by Gasteiger charge is 2.30. The van der Waals surface area contributed by atoms with Crippen LogP contribution in [0.25, 0.3) is 0 Å². The maximum Gasteiger partial charge on any atom is 0.472 e. The first-order valence-electron chi connectivity index (χ1n) is 35.8. The summed E-state index contributed by atoms with van der Waals surface area (Å²) in [6, 6.07) is 0. The molecule has 0 radical (unpaired) electrons. The van der Waals surface area contributed by atoms with Crippen molar-refractivity contribution in [1.82, 2.24) is 0 Å². The van der Waals surface area contributed by atoms with E-state index in [2.05, 4.69) is 48.5 Å². The summed E-state index contributed by atoms with van der Waals surface area (Å²) in [6.07, 6.45) is 43.3. The van der Waals surface area contributed by atoms with Crippen LogP contribution in [-0.2, 0) is 65.4 Å². The van der Waals surface area contributed by atoms with Gasteiger partial charge in [-0.3, -0.25) is 37.3 Å². The molecule has 0 bridgehead atoms. The molecule has 0 aromatic heterocycles. The molecule has 0 rings (SSSR count). The summed E-state index contributed by atoms with van der Waals surface area (Å²) in [5.74, 6) is -0.00786. The lowest BCUT2D eigenvalue weighted by atomic mass is 10.0. The first-order chi connectivity index (χ1) is 42.2. The second-order valence-corrected chi connectivity index (χ2v) is 29.3. The molecule has 0 aliphatic heterocycles. The van der Waals surface area contributed by atoms with E-state index in [9.17, 15) is 43.2 Å². The third-order valence-corrected chi connectivity index (χ3v) is 17.8. The van der Waals surface area contributed by atoms with Gasteiger partial charge in [0.2, 0.25) is 0 Å². The van der Waals surface area contributed by atoms with Crippen LogP contribution in [-0.4, -0.2) is 96.7 Å². The molecule has 3 N–H and O–H groups in total. The Hall–Kier alpha value is -1.94. The number of phosphoric ester groups is 2. The van der Waals surface area contributed by atoms with Crippen LogP contribution in [0.2, 0.25) is 0 Å². The van der Waals surface area contributed by atoms with Gasteiger partial charge in [0.15, 0.2) is 12.2 Å². The van der Waals surface area contributed by atoms with E-state index < -0.39 is 97.5 Å². The van der Waals surface area contributed by atoms with Crippen LogP contribution in [0.5, 0.6) is 0 Å². The number of hydrogen-bond donors (Lipinski definition) is 3. The van der Waals surface area contributed by atoms with Gasteiger partial charge in [-0.15, -0.1) is 0 Å². The zero-order valence-corrected chi connectivity index (χ0v) is 59.0. The Labute approximate surface area is 537 Å². The summed E-state index contributed by atoms with van der Waals surface area (Å²) in [4.78, 5) is 72.4. The summed E-state index contributed by atoms with van der Waals surface area (Å²) in [6.45, 7) is 11.7. The van der Waals surface area contributed by atoms with Gasteiger partial charge in [-0.1, -0.05) is 292 Å². The molecule has 0 heterocycles. The molecule has 0 aliphatic rings. The molecule has 0 spiro atoms. The summed E-state index contributed by atoms with van der Waals surface area (Å²) in [5, 5.41) is 10.6. The molecule has 522 valence electrons. The van der Waals surface area contributed by atoms with Gasteiger partial charge in [-0.2, -0.15) is 0 Å². The number of hydrogen-bond acceptors (Lipinski definition) is 15. The number of rotatable bonds is 67. The second kappa shape index (κ2) is 60.0. The molecule has 0 fully saturated rings. The summed E-state index contributed by atoms with van der Waals surface area (Å²) < 4.78 is 68.2. The molecule has 88 heavy (non-hydrogen) atoms. The molecule has 0 aliphatic carbocycles. The van der Waals surface area contributed by atoms with Crippen molar-refractivity contribution >= 4 is 39.5 Å². The van der Waals surface area contributed by atoms with Crippen molar-refractivity contribution in [1.29, 1.82) is 0 Å². The molecule has 0 saturated carbocycles. The van der Waals surface area contributed by atoms with E-state index in [1.165, 1.54) is 148 Å². The van der Waals surface area contributed by atoms with Gasteiger partial charge in [0, 0.05) is 25.7 Å². The molecule has 0 aromatic carbocycles. The Morgan fingerprint density at radius 1 is 0.307 bits per heavy atom. The van der Waals surface area contributed by atoms with Crippen molar-refractivity contribution in [3.63, 3.8) is 0 Å². The number of unbranched alkanes of at least 4 members (excludes halogenated alkanes) is 35. The van der Waals surface area contributed by atoms with E-state index in [1.54, 1.807) is 0 Å². The van der Waals surface area contributed by atoms with Crippen LogP contribution in [0.15, 0.2) is 0 Å². The number of carbonyl (C=O) groups excluding carboxylic acids is 4. The van der Waals surface area contributed by atoms with Crippen molar-refractivity contribution < 1.29 is 80.2 Å². The van der Waals surface area contributed by atoms with E-state index in [1.807, 2.05) is 0 Å². The van der Waals surface area contributed by atoms with E-state index >= 15 is 0 Å². The maximum atomic E-state index is 13.0. The third kappa shape index (κ3) is 62.8. The fourth-order valence-electron chi connectivity index (χ4n) is 10.4. The average molecular weight is 1300 g/mol. The molecule has 0 saturated heterocycles. The monoisotopic (exact) mass is 1300 g/mol. The lowest BCUT2D eigenvalue weighted by Crippen LogP contribution is -2.30. The Bertz CT molecular complexity index is 1730. The number of esters is 4. The number of aliphatic hydroxyl groups excluding tert-OH is 1. The van der Waals surface area contributed by atoms with Gasteiger partial charge >= 0.3 is 39.5 Å². The highest BCUT2D eigenvalue weighted by atomic mass is 31.2. The van der Waals surface area contributed by atoms with E-state index in [0.717, 1.165) is 108 Å². The van der Waals surface area contributed by atoms with Gasteiger partial charge in [0.05, 0.1) is 26.4 Å².